The van der Waals surface area contributed by atoms with Gasteiger partial charge in [0, 0.05) is 54.5 Å². The molecule has 2 aromatic rings. The number of nitrogens with two attached hydrogens (primary N) is 1. The zero-order valence-corrected chi connectivity index (χ0v) is 15.1. The molecule has 3 nitrogen and oxygen atoms in total. The second-order valence-electron chi connectivity index (χ2n) is 8.34. The predicted molar refractivity (Wildman–Crippen MR) is 103 cm³/mol. The van der Waals surface area contributed by atoms with Crippen molar-refractivity contribution in [2.45, 2.75) is 31.7 Å². The molecule has 2 heterocycles. The van der Waals surface area contributed by atoms with Gasteiger partial charge in [-0.25, -0.2) is 0 Å². The highest BCUT2D eigenvalue weighted by Gasteiger charge is 2.51. The maximum Gasteiger partial charge on any atom is 0.0455 e. The molecule has 1 aromatic heterocycles. The molecule has 0 bridgehead atoms. The lowest BCUT2D eigenvalue weighted by Gasteiger charge is -2.58. The Hall–Kier alpha value is -1.10. The summed E-state index contributed by atoms with van der Waals surface area (Å²) in [6.45, 7) is 6.07. The Morgan fingerprint density at radius 3 is 2.58 bits per heavy atom. The van der Waals surface area contributed by atoms with Crippen LogP contribution < -0.4 is 10.6 Å². The van der Waals surface area contributed by atoms with Gasteiger partial charge in [0.1, 0.15) is 0 Å². The number of hydrogen-bond donors (Lipinski definition) is 1. The maximum atomic E-state index is 5.98. The van der Waals surface area contributed by atoms with Crippen LogP contribution in [0.15, 0.2) is 29.6 Å². The van der Waals surface area contributed by atoms with Gasteiger partial charge in [0.05, 0.1) is 0 Å². The van der Waals surface area contributed by atoms with Crippen LogP contribution in [0.1, 0.15) is 25.7 Å². The average molecular weight is 342 g/mol. The molecule has 128 valence electrons. The third-order valence-corrected chi connectivity index (χ3v) is 7.42. The Kier molecular flexibility index (Phi) is 3.62. The topological polar surface area (TPSA) is 32.5 Å². The van der Waals surface area contributed by atoms with Gasteiger partial charge >= 0.3 is 0 Å². The molecule has 3 aliphatic rings. The summed E-state index contributed by atoms with van der Waals surface area (Å²) >= 11 is 1.85. The Morgan fingerprint density at radius 1 is 1.04 bits per heavy atom. The lowest BCUT2D eigenvalue weighted by Crippen LogP contribution is -2.56. The van der Waals surface area contributed by atoms with Crippen LogP contribution in [0, 0.1) is 11.3 Å². The minimum Gasteiger partial charge on any atom is -0.368 e. The average Bonchev–Trinajstić information content (AvgIpc) is 3.01. The minimum absolute atomic E-state index is 0.509. The van der Waals surface area contributed by atoms with Gasteiger partial charge in [-0.15, -0.1) is 11.3 Å². The first kappa shape index (κ1) is 15.2. The quantitative estimate of drug-likeness (QED) is 0.927. The van der Waals surface area contributed by atoms with Crippen LogP contribution >= 0.6 is 11.3 Å². The molecule has 3 fully saturated rings. The van der Waals surface area contributed by atoms with Gasteiger partial charge in [-0.1, -0.05) is 6.07 Å². The van der Waals surface area contributed by atoms with E-state index in [1.807, 2.05) is 11.3 Å². The fourth-order valence-electron chi connectivity index (χ4n) is 5.47. The van der Waals surface area contributed by atoms with E-state index < -0.39 is 0 Å². The highest BCUT2D eigenvalue weighted by Crippen LogP contribution is 2.58. The molecule has 1 spiro atoms. The monoisotopic (exact) mass is 341 g/mol. The summed E-state index contributed by atoms with van der Waals surface area (Å²) in [5.41, 5.74) is 8.09. The molecule has 2 aliphatic carbocycles. The number of rotatable bonds is 3. The SMILES string of the molecule is NC1CC2(C1)CC(CN1CCN(c3cccc4sccc34)CC1)C2. The highest BCUT2D eigenvalue weighted by atomic mass is 32.1. The van der Waals surface area contributed by atoms with Crippen molar-refractivity contribution < 1.29 is 0 Å². The van der Waals surface area contributed by atoms with Crippen LogP contribution in [0.5, 0.6) is 0 Å². The van der Waals surface area contributed by atoms with E-state index in [9.17, 15) is 0 Å². The number of fused-ring (bicyclic) bond motifs is 1. The highest BCUT2D eigenvalue weighted by molar-refractivity contribution is 7.17. The van der Waals surface area contributed by atoms with Crippen molar-refractivity contribution in [3.05, 3.63) is 29.6 Å². The summed E-state index contributed by atoms with van der Waals surface area (Å²) in [5.74, 6) is 0.935. The van der Waals surface area contributed by atoms with Crippen LogP contribution in [0.2, 0.25) is 0 Å². The van der Waals surface area contributed by atoms with E-state index in [-0.39, 0.29) is 0 Å². The number of piperazine rings is 1. The molecule has 5 rings (SSSR count). The number of thiophene rings is 1. The maximum absolute atomic E-state index is 5.98. The normalized spacial score (nSPS) is 33.6. The van der Waals surface area contributed by atoms with E-state index in [4.69, 9.17) is 5.73 Å². The zero-order chi connectivity index (χ0) is 16.1. The third kappa shape index (κ3) is 2.56. The van der Waals surface area contributed by atoms with Crippen molar-refractivity contribution in [1.82, 2.24) is 4.90 Å². The molecule has 2 saturated carbocycles. The number of hydrogen-bond acceptors (Lipinski definition) is 4. The van der Waals surface area contributed by atoms with Gasteiger partial charge < -0.3 is 10.6 Å². The summed E-state index contributed by atoms with van der Waals surface area (Å²) in [7, 11) is 0. The van der Waals surface area contributed by atoms with E-state index in [1.165, 1.54) is 61.1 Å². The van der Waals surface area contributed by atoms with Crippen LogP contribution in [-0.4, -0.2) is 43.7 Å². The first-order chi connectivity index (χ1) is 11.7. The summed E-state index contributed by atoms with van der Waals surface area (Å²) in [5, 5.41) is 3.64. The van der Waals surface area contributed by atoms with Crippen molar-refractivity contribution in [3.8, 4) is 0 Å². The molecule has 24 heavy (non-hydrogen) atoms. The fourth-order valence-corrected chi connectivity index (χ4v) is 6.28. The summed E-state index contributed by atoms with van der Waals surface area (Å²) < 4.78 is 1.41. The van der Waals surface area contributed by atoms with Gasteiger partial charge in [-0.3, -0.25) is 4.90 Å². The van der Waals surface area contributed by atoms with Gasteiger partial charge in [0.15, 0.2) is 0 Å². The van der Waals surface area contributed by atoms with Crippen molar-refractivity contribution >= 4 is 27.1 Å². The molecule has 4 heteroatoms. The molecule has 1 aliphatic heterocycles. The molecular formula is C20H27N3S. The fraction of sp³-hybridized carbons (Fsp3) is 0.600. The van der Waals surface area contributed by atoms with Crippen molar-refractivity contribution in [2.24, 2.45) is 17.1 Å². The minimum atomic E-state index is 0.509. The second kappa shape index (κ2) is 5.72. The summed E-state index contributed by atoms with van der Waals surface area (Å²) in [6.07, 6.45) is 5.47. The zero-order valence-electron chi connectivity index (χ0n) is 14.3. The Bertz CT molecular complexity index is 717. The lowest BCUT2D eigenvalue weighted by atomic mass is 9.50. The number of nitrogens with zero attached hydrogens (tertiary/aromatic N) is 2. The molecule has 1 aromatic carbocycles. The molecule has 0 radical (unpaired) electrons. The van der Waals surface area contributed by atoms with Gasteiger partial charge in [0.2, 0.25) is 0 Å². The Morgan fingerprint density at radius 2 is 1.83 bits per heavy atom. The van der Waals surface area contributed by atoms with Crippen molar-refractivity contribution in [3.63, 3.8) is 0 Å². The number of benzene rings is 1. The molecule has 2 N–H and O–H groups in total. The van der Waals surface area contributed by atoms with Crippen LogP contribution in [0.3, 0.4) is 0 Å². The van der Waals surface area contributed by atoms with E-state index in [0.29, 0.717) is 11.5 Å². The van der Waals surface area contributed by atoms with Crippen LogP contribution in [0.25, 0.3) is 10.1 Å². The van der Waals surface area contributed by atoms with E-state index in [1.54, 1.807) is 0 Å². The lowest BCUT2D eigenvalue weighted by molar-refractivity contribution is -0.0507. The van der Waals surface area contributed by atoms with Crippen LogP contribution in [-0.2, 0) is 0 Å². The molecular weight excluding hydrogens is 314 g/mol. The van der Waals surface area contributed by atoms with E-state index in [0.717, 1.165) is 19.0 Å². The third-order valence-electron chi connectivity index (χ3n) is 6.54. The van der Waals surface area contributed by atoms with E-state index >= 15 is 0 Å². The predicted octanol–water partition coefficient (Wildman–Crippen LogP) is 3.54. The Balaban J connectivity index is 1.16. The van der Waals surface area contributed by atoms with Gasteiger partial charge in [-0.05, 0) is 60.6 Å². The smallest absolute Gasteiger partial charge is 0.0455 e. The molecule has 1 saturated heterocycles. The van der Waals surface area contributed by atoms with Crippen molar-refractivity contribution in [1.29, 1.82) is 0 Å². The second-order valence-corrected chi connectivity index (χ2v) is 9.29. The first-order valence-corrected chi connectivity index (χ1v) is 10.3. The molecule has 0 amide bonds. The molecule has 0 unspecified atom stereocenters. The summed E-state index contributed by atoms with van der Waals surface area (Å²) in [6, 6.07) is 9.52. The number of anilines is 1. The largest absolute Gasteiger partial charge is 0.368 e. The summed E-state index contributed by atoms with van der Waals surface area (Å²) in [4.78, 5) is 5.28. The van der Waals surface area contributed by atoms with Crippen molar-refractivity contribution in [2.75, 3.05) is 37.6 Å². The molecule has 0 atom stereocenters. The first-order valence-electron chi connectivity index (χ1n) is 9.40. The van der Waals surface area contributed by atoms with Gasteiger partial charge in [-0.2, -0.15) is 0 Å². The van der Waals surface area contributed by atoms with Crippen LogP contribution in [0.4, 0.5) is 5.69 Å². The van der Waals surface area contributed by atoms with Gasteiger partial charge in [0.25, 0.3) is 0 Å². The Labute approximate surface area is 148 Å². The van der Waals surface area contributed by atoms with E-state index in [2.05, 4.69) is 39.4 Å². The standard InChI is InChI=1S/C20H27N3S/c21-16-12-20(13-16)10-15(11-20)14-22-5-7-23(8-6-22)18-2-1-3-19-17(18)4-9-24-19/h1-4,9,15-16H,5-8,10-14,21H2.